The van der Waals surface area contributed by atoms with E-state index in [2.05, 4.69) is 35.4 Å². The Balaban J connectivity index is 1.36. The van der Waals surface area contributed by atoms with E-state index < -0.39 is 4.92 Å². The van der Waals surface area contributed by atoms with E-state index in [4.69, 9.17) is 4.74 Å². The second kappa shape index (κ2) is 8.87. The van der Waals surface area contributed by atoms with Gasteiger partial charge in [0, 0.05) is 40.0 Å². The molecule has 4 aromatic rings. The van der Waals surface area contributed by atoms with Crippen LogP contribution in [0.3, 0.4) is 0 Å². The maximum absolute atomic E-state index is 12.3. The molecule has 0 fully saturated rings. The average Bonchev–Trinajstić information content (AvgIpc) is 3.14. The van der Waals surface area contributed by atoms with Gasteiger partial charge in [-0.05, 0) is 36.6 Å². The lowest BCUT2D eigenvalue weighted by Gasteiger charge is -2.07. The first-order valence-electron chi connectivity index (χ1n) is 10.3. The number of amides is 1. The molecule has 7 nitrogen and oxygen atoms in total. The Morgan fingerprint density at radius 3 is 2.74 bits per heavy atom. The Morgan fingerprint density at radius 1 is 1.10 bits per heavy atom. The maximum atomic E-state index is 12.3. The van der Waals surface area contributed by atoms with Gasteiger partial charge in [0.05, 0.1) is 11.5 Å². The molecule has 0 aliphatic heterocycles. The van der Waals surface area contributed by atoms with Gasteiger partial charge in [0.25, 0.3) is 0 Å². The van der Waals surface area contributed by atoms with E-state index in [9.17, 15) is 14.9 Å². The number of aromatic amines is 1. The van der Waals surface area contributed by atoms with E-state index in [1.807, 2.05) is 18.2 Å². The minimum Gasteiger partial charge on any atom is -0.487 e. The molecule has 0 saturated heterocycles. The van der Waals surface area contributed by atoms with Crippen LogP contribution in [0.1, 0.15) is 25.3 Å². The van der Waals surface area contributed by atoms with Crippen LogP contribution in [0.5, 0.6) is 5.75 Å². The number of rotatable bonds is 8. The van der Waals surface area contributed by atoms with Crippen LogP contribution < -0.4 is 10.1 Å². The number of carbonyl (C=O) groups is 1. The fourth-order valence-corrected chi connectivity index (χ4v) is 3.73. The quantitative estimate of drug-likeness (QED) is 0.222. The highest BCUT2D eigenvalue weighted by Crippen LogP contribution is 2.30. The van der Waals surface area contributed by atoms with Crippen molar-refractivity contribution in [2.45, 2.75) is 26.2 Å². The smallest absolute Gasteiger partial charge is 0.310 e. The summed E-state index contributed by atoms with van der Waals surface area (Å²) in [5.74, 6) is 0.0829. The lowest BCUT2D eigenvalue weighted by Crippen LogP contribution is -2.12. The topological polar surface area (TPSA) is 97.3 Å². The van der Waals surface area contributed by atoms with Gasteiger partial charge >= 0.3 is 5.69 Å². The molecule has 0 bridgehead atoms. The van der Waals surface area contributed by atoms with Gasteiger partial charge in [0.1, 0.15) is 0 Å². The van der Waals surface area contributed by atoms with Crippen LogP contribution in [0.25, 0.3) is 21.8 Å². The number of nitro groups is 1. The van der Waals surface area contributed by atoms with Crippen LogP contribution in [0.4, 0.5) is 11.4 Å². The second-order valence-corrected chi connectivity index (χ2v) is 7.30. The minimum atomic E-state index is -0.480. The number of hydrogen-bond acceptors (Lipinski definition) is 4. The number of hydrogen-bond donors (Lipinski definition) is 2. The Labute approximate surface area is 179 Å². The monoisotopic (exact) mass is 417 g/mol. The second-order valence-electron chi connectivity index (χ2n) is 7.30. The molecule has 3 aromatic carbocycles. The third kappa shape index (κ3) is 4.35. The van der Waals surface area contributed by atoms with Gasteiger partial charge in [0.15, 0.2) is 5.75 Å². The van der Waals surface area contributed by atoms with Crippen LogP contribution in [0.15, 0.2) is 60.7 Å². The number of carbonyl (C=O) groups excluding carboxylic acids is 1. The highest BCUT2D eigenvalue weighted by Gasteiger charge is 2.14. The Bertz CT molecular complexity index is 1260. The summed E-state index contributed by atoms with van der Waals surface area (Å²) >= 11 is 0. The summed E-state index contributed by atoms with van der Waals surface area (Å²) < 4.78 is 5.49. The molecule has 0 saturated carbocycles. The van der Waals surface area contributed by atoms with Gasteiger partial charge < -0.3 is 15.0 Å². The number of aryl methyl sites for hydroxylation is 1. The number of nitrogens with zero attached hydrogens (tertiary/aromatic N) is 1. The van der Waals surface area contributed by atoms with Crippen molar-refractivity contribution in [2.75, 3.05) is 11.9 Å². The average molecular weight is 417 g/mol. The molecule has 0 aliphatic carbocycles. The van der Waals surface area contributed by atoms with Crippen molar-refractivity contribution < 1.29 is 14.5 Å². The molecule has 0 radical (unpaired) electrons. The lowest BCUT2D eigenvalue weighted by atomic mass is 10.1. The molecule has 0 aliphatic rings. The van der Waals surface area contributed by atoms with Gasteiger partial charge in [0.2, 0.25) is 5.91 Å². The van der Waals surface area contributed by atoms with Crippen molar-refractivity contribution in [3.05, 3.63) is 76.3 Å². The number of nitrogens with one attached hydrogen (secondary N) is 2. The van der Waals surface area contributed by atoms with Gasteiger partial charge in [-0.25, -0.2) is 0 Å². The predicted molar refractivity (Wildman–Crippen MR) is 122 cm³/mol. The molecule has 0 unspecified atom stereocenters. The lowest BCUT2D eigenvalue weighted by molar-refractivity contribution is -0.385. The zero-order valence-corrected chi connectivity index (χ0v) is 17.2. The molecule has 1 heterocycles. The normalized spacial score (nSPS) is 11.0. The molecule has 1 aromatic heterocycles. The number of nitro benzene ring substituents is 1. The summed E-state index contributed by atoms with van der Waals surface area (Å²) in [4.78, 5) is 26.3. The number of para-hydroxylation sites is 3. The molecule has 7 heteroatoms. The molecular formula is C24H23N3O4. The van der Waals surface area contributed by atoms with Crippen LogP contribution in [-0.2, 0) is 11.2 Å². The van der Waals surface area contributed by atoms with Crippen LogP contribution >= 0.6 is 0 Å². The van der Waals surface area contributed by atoms with Crippen molar-refractivity contribution >= 4 is 39.1 Å². The number of ether oxygens (including phenoxy) is 1. The Hall–Kier alpha value is -3.87. The Kier molecular flexibility index (Phi) is 5.84. The zero-order chi connectivity index (χ0) is 21.8. The summed E-state index contributed by atoms with van der Waals surface area (Å²) in [6.07, 6.45) is 1.65. The molecule has 0 atom stereocenters. The first-order chi connectivity index (χ1) is 15.1. The fraction of sp³-hybridized carbons (Fsp3) is 0.208. The number of fused-ring (bicyclic) bond motifs is 3. The highest BCUT2D eigenvalue weighted by molar-refractivity contribution is 6.09. The highest BCUT2D eigenvalue weighted by atomic mass is 16.6. The van der Waals surface area contributed by atoms with Crippen molar-refractivity contribution in [3.8, 4) is 5.75 Å². The molecule has 1 amide bonds. The third-order valence-electron chi connectivity index (χ3n) is 5.25. The van der Waals surface area contributed by atoms with Gasteiger partial charge in [-0.2, -0.15) is 0 Å². The third-order valence-corrected chi connectivity index (χ3v) is 5.25. The minimum absolute atomic E-state index is 0.0789. The van der Waals surface area contributed by atoms with Gasteiger partial charge in [-0.15, -0.1) is 0 Å². The molecule has 2 N–H and O–H groups in total. The van der Waals surface area contributed by atoms with Crippen molar-refractivity contribution in [3.63, 3.8) is 0 Å². The molecule has 4 rings (SSSR count). The summed E-state index contributed by atoms with van der Waals surface area (Å²) in [5.41, 5.74) is 4.02. The summed E-state index contributed by atoms with van der Waals surface area (Å²) in [7, 11) is 0. The molecule has 31 heavy (non-hydrogen) atoms. The van der Waals surface area contributed by atoms with Gasteiger partial charge in [-0.3, -0.25) is 14.9 Å². The van der Waals surface area contributed by atoms with Gasteiger partial charge in [-0.1, -0.05) is 43.3 Å². The van der Waals surface area contributed by atoms with Crippen molar-refractivity contribution in [2.24, 2.45) is 0 Å². The predicted octanol–water partition coefficient (Wildman–Crippen LogP) is 5.59. The first kappa shape index (κ1) is 20.4. The fourth-order valence-electron chi connectivity index (χ4n) is 3.73. The molecule has 0 spiro atoms. The molecule has 158 valence electrons. The summed E-state index contributed by atoms with van der Waals surface area (Å²) in [5, 5.41) is 16.2. The van der Waals surface area contributed by atoms with Crippen LogP contribution in [0.2, 0.25) is 0 Å². The number of benzene rings is 3. The number of H-pyrrole nitrogens is 1. The van der Waals surface area contributed by atoms with Crippen LogP contribution in [0, 0.1) is 10.1 Å². The summed E-state index contributed by atoms with van der Waals surface area (Å²) in [6, 6.07) is 18.4. The number of anilines is 1. The van der Waals surface area contributed by atoms with E-state index in [1.54, 1.807) is 18.2 Å². The first-order valence-corrected chi connectivity index (χ1v) is 10.3. The van der Waals surface area contributed by atoms with E-state index >= 15 is 0 Å². The van der Waals surface area contributed by atoms with E-state index in [0.717, 1.165) is 28.5 Å². The largest absolute Gasteiger partial charge is 0.487 e. The van der Waals surface area contributed by atoms with E-state index in [0.29, 0.717) is 6.42 Å². The number of aromatic nitrogens is 1. The van der Waals surface area contributed by atoms with E-state index in [-0.39, 0.29) is 30.4 Å². The van der Waals surface area contributed by atoms with Crippen LogP contribution in [-0.4, -0.2) is 22.4 Å². The standard InChI is InChI=1S/C24H23N3O4/c1-2-16-7-5-8-19-18-13-12-17(15-20(18)26-24(16)19)25-23(28)11-6-14-31-22-10-4-3-9-21(22)27(29)30/h3-5,7-10,12-13,15,26H,2,6,11,14H2,1H3,(H,25,28). The SMILES string of the molecule is CCc1cccc2c1[nH]c1cc(NC(=O)CCCOc3ccccc3[N+](=O)[O-])ccc12. The van der Waals surface area contributed by atoms with E-state index in [1.165, 1.54) is 17.0 Å². The summed E-state index contributed by atoms with van der Waals surface area (Å²) in [6.45, 7) is 2.35. The maximum Gasteiger partial charge on any atom is 0.310 e. The molecular weight excluding hydrogens is 394 g/mol. The van der Waals surface area contributed by atoms with Crippen molar-refractivity contribution in [1.82, 2.24) is 4.98 Å². The Morgan fingerprint density at radius 2 is 1.94 bits per heavy atom. The zero-order valence-electron chi connectivity index (χ0n) is 17.2. The van der Waals surface area contributed by atoms with Crippen molar-refractivity contribution in [1.29, 1.82) is 0 Å².